The predicted molar refractivity (Wildman–Crippen MR) is 150 cm³/mol. The Morgan fingerprint density at radius 1 is 1.07 bits per heavy atom. The molecule has 2 aliphatic heterocycles. The molecule has 2 aliphatic rings. The van der Waals surface area contributed by atoms with E-state index in [0.29, 0.717) is 39.8 Å². The number of hydrogen-bond donors (Lipinski definition) is 2. The number of benzene rings is 2. The monoisotopic (exact) mass is 617 g/mol. The van der Waals surface area contributed by atoms with E-state index in [-0.39, 0.29) is 31.8 Å². The Balaban J connectivity index is 1.33. The van der Waals surface area contributed by atoms with E-state index < -0.39 is 30.3 Å². The minimum Gasteiger partial charge on any atom is -0.618 e. The van der Waals surface area contributed by atoms with Crippen molar-refractivity contribution in [2.75, 3.05) is 17.6 Å². The van der Waals surface area contributed by atoms with Gasteiger partial charge < -0.3 is 30.0 Å². The molecule has 1 aromatic heterocycles. The molecule has 43 heavy (non-hydrogen) atoms. The zero-order valence-corrected chi connectivity index (χ0v) is 23.7. The molecule has 228 valence electrons. The number of halogens is 3. The van der Waals surface area contributed by atoms with E-state index in [2.05, 4.69) is 5.32 Å². The molecule has 0 spiro atoms. The van der Waals surface area contributed by atoms with Gasteiger partial charge in [-0.3, -0.25) is 9.59 Å². The fraction of sp³-hybridized carbons (Fsp3) is 0.367. The molecule has 0 unspecified atom stereocenters. The Morgan fingerprint density at radius 3 is 2.58 bits per heavy atom. The number of aliphatic hydroxyl groups excluding tert-OH is 1. The molecule has 0 bridgehead atoms. The van der Waals surface area contributed by atoms with Crippen LogP contribution in [-0.4, -0.2) is 52.4 Å². The predicted octanol–water partition coefficient (Wildman–Crippen LogP) is 4.64. The lowest BCUT2D eigenvalue weighted by Gasteiger charge is -2.36. The summed E-state index contributed by atoms with van der Waals surface area (Å²) in [6.07, 6.45) is -4.29. The summed E-state index contributed by atoms with van der Waals surface area (Å²) in [4.78, 5) is 25.3. The van der Waals surface area contributed by atoms with Crippen LogP contribution in [-0.2, 0) is 25.7 Å². The number of carbonyl (C=O) groups is 2. The van der Waals surface area contributed by atoms with Crippen LogP contribution in [0.15, 0.2) is 78.0 Å². The fourth-order valence-corrected chi connectivity index (χ4v) is 6.09. The number of anilines is 1. The first-order valence-electron chi connectivity index (χ1n) is 13.7. The summed E-state index contributed by atoms with van der Waals surface area (Å²) in [6, 6.07) is 17.9. The lowest BCUT2D eigenvalue weighted by Crippen LogP contribution is -2.48. The van der Waals surface area contributed by atoms with Gasteiger partial charge in [0.2, 0.25) is 5.91 Å². The molecular formula is C30H30F3N3O6S. The fourth-order valence-electron chi connectivity index (χ4n) is 5.16. The molecule has 0 radical (unpaired) electrons. The maximum Gasteiger partial charge on any atom is 0.471 e. The minimum absolute atomic E-state index is 0.0927. The van der Waals surface area contributed by atoms with Gasteiger partial charge in [0.15, 0.2) is 12.5 Å². The van der Waals surface area contributed by atoms with Gasteiger partial charge in [0.25, 0.3) is 5.03 Å². The van der Waals surface area contributed by atoms with E-state index >= 15 is 0 Å². The second-order valence-corrected chi connectivity index (χ2v) is 11.3. The first-order chi connectivity index (χ1) is 20.6. The topological polar surface area (TPSA) is 115 Å². The van der Waals surface area contributed by atoms with E-state index in [4.69, 9.17) is 9.47 Å². The quantitative estimate of drug-likeness (QED) is 0.215. The Hall–Kier alpha value is -3.65. The number of aliphatic hydroxyl groups is 1. The highest BCUT2D eigenvalue weighted by Crippen LogP contribution is 2.40. The van der Waals surface area contributed by atoms with Gasteiger partial charge in [-0.25, -0.2) is 0 Å². The molecule has 2 N–H and O–H groups in total. The Bertz CT molecular complexity index is 1440. The SMILES string of the molecule is O=C(Nc1cccc([C@H]2O[C@@H](CSc3cccc[n+]3[O-])C[C@@H](c3ccc(CO)cc3)O2)c1)[C@@H]1CCCN1C(=O)C(F)(F)F. The first-order valence-corrected chi connectivity index (χ1v) is 14.7. The zero-order valence-electron chi connectivity index (χ0n) is 22.9. The third-order valence-corrected chi connectivity index (χ3v) is 8.46. The molecule has 0 aliphatic carbocycles. The van der Waals surface area contributed by atoms with Crippen molar-refractivity contribution in [2.45, 2.75) is 61.6 Å². The van der Waals surface area contributed by atoms with Crippen LogP contribution in [0.2, 0.25) is 0 Å². The highest BCUT2D eigenvalue weighted by molar-refractivity contribution is 7.99. The number of thioether (sulfide) groups is 1. The third-order valence-electron chi connectivity index (χ3n) is 7.31. The van der Waals surface area contributed by atoms with Gasteiger partial charge in [0.05, 0.1) is 18.8 Å². The Morgan fingerprint density at radius 2 is 1.86 bits per heavy atom. The number of aromatic nitrogens is 1. The highest BCUT2D eigenvalue weighted by atomic mass is 32.2. The maximum absolute atomic E-state index is 13.0. The van der Waals surface area contributed by atoms with Crippen molar-refractivity contribution in [3.8, 4) is 0 Å². The summed E-state index contributed by atoms with van der Waals surface area (Å²) < 4.78 is 52.5. The van der Waals surface area contributed by atoms with Gasteiger partial charge in [0, 0.05) is 42.1 Å². The number of alkyl halides is 3. The summed E-state index contributed by atoms with van der Waals surface area (Å²) in [5.74, 6) is -2.27. The van der Waals surface area contributed by atoms with Crippen molar-refractivity contribution < 1.29 is 42.1 Å². The smallest absolute Gasteiger partial charge is 0.471 e. The molecule has 2 saturated heterocycles. The molecule has 9 nitrogen and oxygen atoms in total. The number of ether oxygens (including phenoxy) is 2. The largest absolute Gasteiger partial charge is 0.618 e. The number of amides is 2. The molecule has 5 rings (SSSR count). The lowest BCUT2D eigenvalue weighted by molar-refractivity contribution is -0.645. The lowest BCUT2D eigenvalue weighted by atomic mass is 10.0. The normalized spacial score (nSPS) is 22.4. The minimum atomic E-state index is -5.06. The van der Waals surface area contributed by atoms with Crippen LogP contribution in [0.1, 0.15) is 48.3 Å². The number of likely N-dealkylation sites (tertiary alicyclic amines) is 1. The van der Waals surface area contributed by atoms with Crippen molar-refractivity contribution in [1.29, 1.82) is 0 Å². The van der Waals surface area contributed by atoms with Gasteiger partial charge in [-0.2, -0.15) is 17.9 Å². The molecular weight excluding hydrogens is 587 g/mol. The van der Waals surface area contributed by atoms with Gasteiger partial charge in [-0.05, 0) is 42.2 Å². The van der Waals surface area contributed by atoms with E-state index in [9.17, 15) is 33.1 Å². The molecule has 0 saturated carbocycles. The molecule has 3 heterocycles. The summed E-state index contributed by atoms with van der Waals surface area (Å²) >= 11 is 1.35. The first kappa shape index (κ1) is 30.8. The van der Waals surface area contributed by atoms with Gasteiger partial charge in [-0.1, -0.05) is 48.2 Å². The number of rotatable bonds is 8. The summed E-state index contributed by atoms with van der Waals surface area (Å²) in [7, 11) is 0. The summed E-state index contributed by atoms with van der Waals surface area (Å²) in [5, 5.41) is 24.7. The average Bonchev–Trinajstić information content (AvgIpc) is 3.50. The second-order valence-electron chi connectivity index (χ2n) is 10.3. The Kier molecular flexibility index (Phi) is 9.55. The van der Waals surface area contributed by atoms with Gasteiger partial charge >= 0.3 is 12.1 Å². The van der Waals surface area contributed by atoms with Crippen LogP contribution in [0.25, 0.3) is 0 Å². The summed E-state index contributed by atoms with van der Waals surface area (Å²) in [5.41, 5.74) is 2.51. The van der Waals surface area contributed by atoms with Gasteiger partial charge in [-0.15, -0.1) is 0 Å². The molecule has 3 aromatic rings. The second kappa shape index (κ2) is 13.3. The molecule has 2 amide bonds. The van der Waals surface area contributed by atoms with Crippen LogP contribution in [0.3, 0.4) is 0 Å². The van der Waals surface area contributed by atoms with Crippen molar-refractivity contribution in [2.24, 2.45) is 0 Å². The van der Waals surface area contributed by atoms with Crippen molar-refractivity contribution in [1.82, 2.24) is 4.90 Å². The van der Waals surface area contributed by atoms with Gasteiger partial charge in [0.1, 0.15) is 6.04 Å². The number of hydrogen-bond acceptors (Lipinski definition) is 7. The highest BCUT2D eigenvalue weighted by Gasteiger charge is 2.47. The number of carbonyl (C=O) groups excluding carboxylic acids is 2. The molecule has 13 heteroatoms. The van der Waals surface area contributed by atoms with Crippen molar-refractivity contribution >= 4 is 29.3 Å². The average molecular weight is 618 g/mol. The van der Waals surface area contributed by atoms with E-state index in [0.717, 1.165) is 15.9 Å². The van der Waals surface area contributed by atoms with Crippen molar-refractivity contribution in [3.05, 3.63) is 94.8 Å². The maximum atomic E-state index is 13.0. The van der Waals surface area contributed by atoms with Crippen LogP contribution in [0.4, 0.5) is 18.9 Å². The molecule has 2 fully saturated rings. The van der Waals surface area contributed by atoms with Crippen LogP contribution in [0.5, 0.6) is 0 Å². The van der Waals surface area contributed by atoms with E-state index in [1.807, 2.05) is 24.3 Å². The van der Waals surface area contributed by atoms with Crippen molar-refractivity contribution in [3.63, 3.8) is 0 Å². The molecule has 2 aromatic carbocycles. The summed E-state index contributed by atoms with van der Waals surface area (Å²) in [6.45, 7) is -0.236. The van der Waals surface area contributed by atoms with E-state index in [1.54, 1.807) is 42.5 Å². The Labute approximate surface area is 250 Å². The number of nitrogens with zero attached hydrogens (tertiary/aromatic N) is 2. The third kappa shape index (κ3) is 7.47. The van der Waals surface area contributed by atoms with Crippen LogP contribution < -0.4 is 10.0 Å². The number of pyridine rings is 1. The van der Waals surface area contributed by atoms with Crippen LogP contribution >= 0.6 is 11.8 Å². The van der Waals surface area contributed by atoms with Crippen LogP contribution in [0, 0.1) is 5.21 Å². The molecule has 4 atom stereocenters. The zero-order chi connectivity index (χ0) is 30.6. The standard InChI is InChI=1S/C30H30F3N3O6S/c31-30(32,33)29(39)35-13-4-7-24(35)27(38)34-22-6-3-5-21(15-22)28-41-23(18-43-26-8-1-2-14-36(26)40)16-25(42-28)20-11-9-19(17-37)10-12-20/h1-3,5-6,8-12,14-15,23-25,28,37H,4,7,13,16-18H2,(H,34,38)/t23-,24+,25+,28+/m1/s1. The number of nitrogens with one attached hydrogen (secondary N) is 1. The van der Waals surface area contributed by atoms with E-state index in [1.165, 1.54) is 18.0 Å².